The van der Waals surface area contributed by atoms with Gasteiger partial charge in [-0.15, -0.1) is 0 Å². The van der Waals surface area contributed by atoms with Crippen molar-refractivity contribution in [3.8, 4) is 5.75 Å². The number of halogens is 3. The number of phenols is 1. The maximum absolute atomic E-state index is 12.8. The average molecular weight is 206 g/mol. The Morgan fingerprint density at radius 1 is 1.36 bits per heavy atom. The third-order valence-electron chi connectivity index (χ3n) is 1.57. The smallest absolute Gasteiger partial charge is 0.379 e. The lowest BCUT2D eigenvalue weighted by atomic mass is 10.1. The van der Waals surface area contributed by atoms with E-state index >= 15 is 0 Å². The average Bonchev–Trinajstić information content (AvgIpc) is 2.08. The van der Waals surface area contributed by atoms with Gasteiger partial charge in [0.25, 0.3) is 0 Å². The molecule has 0 saturated heterocycles. The van der Waals surface area contributed by atoms with Gasteiger partial charge in [-0.25, -0.2) is 9.18 Å². The zero-order chi connectivity index (χ0) is 10.9. The first kappa shape index (κ1) is 10.4. The van der Waals surface area contributed by atoms with Gasteiger partial charge in [-0.2, -0.15) is 8.78 Å². The van der Waals surface area contributed by atoms with E-state index in [2.05, 4.69) is 0 Å². The van der Waals surface area contributed by atoms with E-state index in [1.807, 2.05) is 0 Å². The number of phenolic OH excluding ortho intramolecular Hbond substituents is 1. The number of aliphatic carboxylic acids is 1. The molecular weight excluding hydrogens is 201 g/mol. The third-order valence-corrected chi connectivity index (χ3v) is 1.57. The summed E-state index contributed by atoms with van der Waals surface area (Å²) in [5.41, 5.74) is -1.26. The maximum Gasteiger partial charge on any atom is 0.379 e. The summed E-state index contributed by atoms with van der Waals surface area (Å²) >= 11 is 0. The van der Waals surface area contributed by atoms with Crippen molar-refractivity contribution in [3.05, 3.63) is 29.6 Å². The van der Waals surface area contributed by atoms with Crippen molar-refractivity contribution in [3.63, 3.8) is 0 Å². The van der Waals surface area contributed by atoms with Crippen molar-refractivity contribution >= 4 is 5.97 Å². The molecule has 0 atom stereocenters. The molecule has 14 heavy (non-hydrogen) atoms. The topological polar surface area (TPSA) is 57.5 Å². The fraction of sp³-hybridized carbons (Fsp3) is 0.125. The number of hydrogen-bond donors (Lipinski definition) is 2. The SMILES string of the molecule is O=C(O)C(F)(F)c1cc(F)ccc1O. The normalized spacial score (nSPS) is 11.4. The summed E-state index contributed by atoms with van der Waals surface area (Å²) in [6.07, 6.45) is 0. The summed E-state index contributed by atoms with van der Waals surface area (Å²) in [5.74, 6) is -8.75. The minimum absolute atomic E-state index is 0.281. The minimum atomic E-state index is -4.30. The van der Waals surface area contributed by atoms with Crippen LogP contribution in [0.2, 0.25) is 0 Å². The highest BCUT2D eigenvalue weighted by Crippen LogP contribution is 2.34. The summed E-state index contributed by atoms with van der Waals surface area (Å²) in [6.45, 7) is 0. The van der Waals surface area contributed by atoms with Gasteiger partial charge >= 0.3 is 11.9 Å². The van der Waals surface area contributed by atoms with Crippen molar-refractivity contribution in [2.24, 2.45) is 0 Å². The summed E-state index contributed by atoms with van der Waals surface area (Å²) in [7, 11) is 0. The maximum atomic E-state index is 12.8. The largest absolute Gasteiger partial charge is 0.507 e. The van der Waals surface area contributed by atoms with E-state index in [0.29, 0.717) is 6.07 Å². The van der Waals surface area contributed by atoms with Gasteiger partial charge in [0.15, 0.2) is 0 Å². The number of hydrogen-bond acceptors (Lipinski definition) is 2. The Hall–Kier alpha value is -1.72. The molecule has 0 fully saturated rings. The first-order chi connectivity index (χ1) is 6.35. The zero-order valence-corrected chi connectivity index (χ0v) is 6.67. The lowest BCUT2D eigenvalue weighted by Gasteiger charge is -2.12. The van der Waals surface area contributed by atoms with E-state index < -0.39 is 29.0 Å². The molecule has 6 heteroatoms. The molecule has 0 aliphatic rings. The second kappa shape index (κ2) is 3.21. The van der Waals surface area contributed by atoms with Crippen LogP contribution in [0.25, 0.3) is 0 Å². The quantitative estimate of drug-likeness (QED) is 0.774. The number of rotatable bonds is 2. The summed E-state index contributed by atoms with van der Waals surface area (Å²) in [5, 5.41) is 17.0. The van der Waals surface area contributed by atoms with Gasteiger partial charge in [-0.3, -0.25) is 0 Å². The molecule has 0 spiro atoms. The van der Waals surface area contributed by atoms with Gasteiger partial charge in [-0.05, 0) is 18.2 Å². The molecule has 0 unspecified atom stereocenters. The predicted molar refractivity (Wildman–Crippen MR) is 39.6 cm³/mol. The number of alkyl halides is 2. The van der Waals surface area contributed by atoms with Gasteiger partial charge in [0.1, 0.15) is 11.6 Å². The van der Waals surface area contributed by atoms with E-state index in [-0.39, 0.29) is 6.07 Å². The zero-order valence-electron chi connectivity index (χ0n) is 6.67. The molecular formula is C8H5F3O3. The highest BCUT2D eigenvalue weighted by molar-refractivity contribution is 5.78. The van der Waals surface area contributed by atoms with Gasteiger partial charge in [-0.1, -0.05) is 0 Å². The van der Waals surface area contributed by atoms with E-state index in [1.54, 1.807) is 0 Å². The third kappa shape index (κ3) is 1.63. The first-order valence-electron chi connectivity index (χ1n) is 3.46. The van der Waals surface area contributed by atoms with Crippen LogP contribution in [0, 0.1) is 5.82 Å². The number of carbonyl (C=O) groups is 1. The fourth-order valence-electron chi connectivity index (χ4n) is 0.875. The Morgan fingerprint density at radius 2 is 1.93 bits per heavy atom. The Bertz CT molecular complexity index is 376. The Balaban J connectivity index is 3.31. The van der Waals surface area contributed by atoms with Crippen LogP contribution in [-0.2, 0) is 10.7 Å². The minimum Gasteiger partial charge on any atom is -0.507 e. The van der Waals surface area contributed by atoms with Crippen LogP contribution >= 0.6 is 0 Å². The van der Waals surface area contributed by atoms with Crippen LogP contribution in [0.4, 0.5) is 13.2 Å². The van der Waals surface area contributed by atoms with E-state index in [9.17, 15) is 18.0 Å². The second-order valence-electron chi connectivity index (χ2n) is 2.54. The van der Waals surface area contributed by atoms with Crippen molar-refractivity contribution < 1.29 is 28.2 Å². The van der Waals surface area contributed by atoms with Crippen LogP contribution in [0.5, 0.6) is 5.75 Å². The van der Waals surface area contributed by atoms with Gasteiger partial charge in [0.05, 0.1) is 5.56 Å². The lowest BCUT2D eigenvalue weighted by molar-refractivity contribution is -0.166. The highest BCUT2D eigenvalue weighted by atomic mass is 19.3. The standard InChI is InChI=1S/C8H5F3O3/c9-4-1-2-6(12)5(3-4)8(10,11)7(13)14/h1-3,12H,(H,13,14). The summed E-state index contributed by atoms with van der Waals surface area (Å²) in [4.78, 5) is 10.1. The number of carboxylic acid groups (broad SMARTS) is 1. The molecule has 0 aliphatic carbocycles. The van der Waals surface area contributed by atoms with Crippen LogP contribution in [0.3, 0.4) is 0 Å². The van der Waals surface area contributed by atoms with Gasteiger partial charge in [0.2, 0.25) is 0 Å². The molecule has 0 heterocycles. The van der Waals surface area contributed by atoms with E-state index in [0.717, 1.165) is 6.07 Å². The van der Waals surface area contributed by atoms with E-state index in [1.165, 1.54) is 0 Å². The van der Waals surface area contributed by atoms with E-state index in [4.69, 9.17) is 10.2 Å². The second-order valence-corrected chi connectivity index (χ2v) is 2.54. The molecule has 2 N–H and O–H groups in total. The summed E-state index contributed by atoms with van der Waals surface area (Å²) in [6, 6.07) is 1.70. The van der Waals surface area contributed by atoms with Crippen molar-refractivity contribution in [1.82, 2.24) is 0 Å². The van der Waals surface area contributed by atoms with Crippen LogP contribution in [0.15, 0.2) is 18.2 Å². The Morgan fingerprint density at radius 3 is 2.43 bits per heavy atom. The monoisotopic (exact) mass is 206 g/mol. The molecule has 1 aromatic rings. The Kier molecular flexibility index (Phi) is 2.37. The molecule has 0 saturated carbocycles. The van der Waals surface area contributed by atoms with Crippen LogP contribution in [-0.4, -0.2) is 16.2 Å². The molecule has 0 amide bonds. The predicted octanol–water partition coefficient (Wildman–Crippen LogP) is 1.71. The highest BCUT2D eigenvalue weighted by Gasteiger charge is 2.43. The molecule has 0 aliphatic heterocycles. The lowest BCUT2D eigenvalue weighted by Crippen LogP contribution is -2.25. The Labute approximate surface area is 76.4 Å². The van der Waals surface area contributed by atoms with Crippen molar-refractivity contribution in [1.29, 1.82) is 0 Å². The molecule has 0 aromatic heterocycles. The molecule has 1 aromatic carbocycles. The molecule has 3 nitrogen and oxygen atoms in total. The van der Waals surface area contributed by atoms with Crippen LogP contribution < -0.4 is 0 Å². The fourth-order valence-corrected chi connectivity index (χ4v) is 0.875. The van der Waals surface area contributed by atoms with Crippen molar-refractivity contribution in [2.45, 2.75) is 5.92 Å². The molecule has 0 bridgehead atoms. The van der Waals surface area contributed by atoms with Gasteiger partial charge < -0.3 is 10.2 Å². The first-order valence-corrected chi connectivity index (χ1v) is 3.46. The number of aromatic hydroxyl groups is 1. The van der Waals surface area contributed by atoms with Gasteiger partial charge in [0, 0.05) is 0 Å². The molecule has 76 valence electrons. The number of carboxylic acids is 1. The van der Waals surface area contributed by atoms with Crippen LogP contribution in [0.1, 0.15) is 5.56 Å². The molecule has 0 radical (unpaired) electrons. The summed E-state index contributed by atoms with van der Waals surface area (Å²) < 4.78 is 38.1. The number of benzene rings is 1. The van der Waals surface area contributed by atoms with Crippen molar-refractivity contribution in [2.75, 3.05) is 0 Å². The molecule has 1 rings (SSSR count).